The molecular formula is C14H16N2O2S. The van der Waals surface area contributed by atoms with Gasteiger partial charge in [-0.2, -0.15) is 16.7 Å². The van der Waals surface area contributed by atoms with Gasteiger partial charge in [-0.25, -0.2) is 0 Å². The third kappa shape index (κ3) is 3.10. The van der Waals surface area contributed by atoms with E-state index in [1.54, 1.807) is 24.3 Å². The first-order valence-electron chi connectivity index (χ1n) is 6.51. The Morgan fingerprint density at radius 2 is 1.95 bits per heavy atom. The van der Waals surface area contributed by atoms with Gasteiger partial charge in [0, 0.05) is 12.0 Å². The predicted molar refractivity (Wildman–Crippen MR) is 75.2 cm³/mol. The van der Waals surface area contributed by atoms with E-state index in [9.17, 15) is 5.11 Å². The van der Waals surface area contributed by atoms with Gasteiger partial charge in [-0.15, -0.1) is 0 Å². The largest absolute Gasteiger partial charge is 0.508 e. The van der Waals surface area contributed by atoms with Crippen molar-refractivity contribution in [3.63, 3.8) is 0 Å². The molecule has 1 aromatic carbocycles. The maximum Gasteiger partial charge on any atom is 0.227 e. The van der Waals surface area contributed by atoms with Crippen molar-refractivity contribution in [1.29, 1.82) is 0 Å². The molecular weight excluding hydrogens is 260 g/mol. The molecule has 3 rings (SSSR count). The smallest absolute Gasteiger partial charge is 0.227 e. The quantitative estimate of drug-likeness (QED) is 0.933. The Morgan fingerprint density at radius 1 is 1.21 bits per heavy atom. The molecule has 1 aromatic heterocycles. The summed E-state index contributed by atoms with van der Waals surface area (Å²) in [5, 5.41) is 13.3. The van der Waals surface area contributed by atoms with Crippen LogP contribution in [0.25, 0.3) is 11.4 Å². The molecule has 100 valence electrons. The molecule has 0 radical (unpaired) electrons. The highest BCUT2D eigenvalue weighted by Gasteiger charge is 2.18. The molecule has 2 aromatic rings. The molecule has 0 bridgehead atoms. The summed E-state index contributed by atoms with van der Waals surface area (Å²) in [6.45, 7) is 0. The van der Waals surface area contributed by atoms with Crippen LogP contribution in [-0.4, -0.2) is 26.8 Å². The van der Waals surface area contributed by atoms with Crippen LogP contribution in [-0.2, 0) is 6.42 Å². The van der Waals surface area contributed by atoms with Gasteiger partial charge in [0.05, 0.1) is 0 Å². The average molecular weight is 276 g/mol. The van der Waals surface area contributed by atoms with Gasteiger partial charge in [0.2, 0.25) is 11.7 Å². The van der Waals surface area contributed by atoms with Gasteiger partial charge in [0.25, 0.3) is 0 Å². The Balaban J connectivity index is 1.70. The summed E-state index contributed by atoms with van der Waals surface area (Å²) in [7, 11) is 0. The van der Waals surface area contributed by atoms with Crippen molar-refractivity contribution >= 4 is 11.8 Å². The van der Waals surface area contributed by atoms with Crippen LogP contribution in [0, 0.1) is 5.92 Å². The summed E-state index contributed by atoms with van der Waals surface area (Å²) in [6.07, 6.45) is 3.36. The second kappa shape index (κ2) is 5.65. The first kappa shape index (κ1) is 12.5. The van der Waals surface area contributed by atoms with Crippen LogP contribution in [0.2, 0.25) is 0 Å². The number of rotatable bonds is 3. The zero-order valence-electron chi connectivity index (χ0n) is 10.6. The monoisotopic (exact) mass is 276 g/mol. The Morgan fingerprint density at radius 3 is 2.68 bits per heavy atom. The van der Waals surface area contributed by atoms with E-state index in [0.29, 0.717) is 11.7 Å². The maximum absolute atomic E-state index is 9.26. The van der Waals surface area contributed by atoms with Crippen molar-refractivity contribution in [3.05, 3.63) is 30.2 Å². The topological polar surface area (TPSA) is 59.2 Å². The molecule has 0 aliphatic carbocycles. The van der Waals surface area contributed by atoms with Crippen molar-refractivity contribution in [3.8, 4) is 17.1 Å². The molecule has 0 atom stereocenters. The first-order valence-corrected chi connectivity index (χ1v) is 7.66. The number of thioether (sulfide) groups is 1. The minimum atomic E-state index is 0.243. The van der Waals surface area contributed by atoms with Crippen molar-refractivity contribution < 1.29 is 9.63 Å². The van der Waals surface area contributed by atoms with Gasteiger partial charge >= 0.3 is 0 Å². The van der Waals surface area contributed by atoms with Crippen LogP contribution >= 0.6 is 11.8 Å². The Kier molecular flexibility index (Phi) is 3.73. The zero-order chi connectivity index (χ0) is 13.1. The minimum Gasteiger partial charge on any atom is -0.508 e. The van der Waals surface area contributed by atoms with Gasteiger partial charge in [-0.3, -0.25) is 0 Å². The standard InChI is InChI=1S/C14H16N2O2S/c17-12-3-1-11(2-4-12)14-15-13(18-16-14)9-10-5-7-19-8-6-10/h1-4,10,17H,5-9H2. The molecule has 0 amide bonds. The van der Waals surface area contributed by atoms with Crippen molar-refractivity contribution in [2.24, 2.45) is 5.92 Å². The second-order valence-electron chi connectivity index (χ2n) is 4.82. The number of phenolic OH excluding ortho intramolecular Hbond substituents is 1. The van der Waals surface area contributed by atoms with E-state index in [4.69, 9.17) is 4.52 Å². The number of hydrogen-bond acceptors (Lipinski definition) is 5. The third-order valence-electron chi connectivity index (χ3n) is 3.40. The molecule has 1 N–H and O–H groups in total. The van der Waals surface area contributed by atoms with Gasteiger partial charge in [-0.1, -0.05) is 5.16 Å². The van der Waals surface area contributed by atoms with E-state index in [2.05, 4.69) is 10.1 Å². The SMILES string of the molecule is Oc1ccc(-c2noc(CC3CCSCC3)n2)cc1. The first-order chi connectivity index (χ1) is 9.31. The van der Waals surface area contributed by atoms with E-state index in [1.165, 1.54) is 24.3 Å². The highest BCUT2D eigenvalue weighted by Crippen LogP contribution is 2.26. The highest BCUT2D eigenvalue weighted by atomic mass is 32.2. The molecule has 1 fully saturated rings. The number of benzene rings is 1. The van der Waals surface area contributed by atoms with Crippen molar-refractivity contribution in [1.82, 2.24) is 10.1 Å². The van der Waals surface area contributed by atoms with Crippen LogP contribution in [0.5, 0.6) is 5.75 Å². The van der Waals surface area contributed by atoms with E-state index < -0.39 is 0 Å². The summed E-state index contributed by atoms with van der Waals surface area (Å²) in [5.74, 6) is 4.72. The summed E-state index contributed by atoms with van der Waals surface area (Å²) in [4.78, 5) is 4.44. The Labute approximate surface area is 116 Å². The minimum absolute atomic E-state index is 0.243. The number of aromatic nitrogens is 2. The van der Waals surface area contributed by atoms with Gasteiger partial charge < -0.3 is 9.63 Å². The van der Waals surface area contributed by atoms with E-state index in [1.807, 2.05) is 11.8 Å². The van der Waals surface area contributed by atoms with Crippen LogP contribution in [0.15, 0.2) is 28.8 Å². The number of nitrogens with zero attached hydrogens (tertiary/aromatic N) is 2. The molecule has 4 nitrogen and oxygen atoms in total. The van der Waals surface area contributed by atoms with E-state index in [-0.39, 0.29) is 5.75 Å². The number of phenols is 1. The number of hydrogen-bond donors (Lipinski definition) is 1. The predicted octanol–water partition coefficient (Wildman–Crippen LogP) is 3.13. The summed E-state index contributed by atoms with van der Waals surface area (Å²) in [6, 6.07) is 6.84. The molecule has 5 heteroatoms. The lowest BCUT2D eigenvalue weighted by atomic mass is 9.99. The zero-order valence-corrected chi connectivity index (χ0v) is 11.4. The van der Waals surface area contributed by atoms with Crippen molar-refractivity contribution in [2.45, 2.75) is 19.3 Å². The Bertz CT molecular complexity index is 533. The highest BCUT2D eigenvalue weighted by molar-refractivity contribution is 7.99. The van der Waals surface area contributed by atoms with Crippen molar-refractivity contribution in [2.75, 3.05) is 11.5 Å². The molecule has 1 saturated heterocycles. The lowest BCUT2D eigenvalue weighted by molar-refractivity contribution is 0.345. The van der Waals surface area contributed by atoms with Crippen LogP contribution in [0.3, 0.4) is 0 Å². The fraction of sp³-hybridized carbons (Fsp3) is 0.429. The maximum atomic E-state index is 9.26. The summed E-state index contributed by atoms with van der Waals surface area (Å²) < 4.78 is 5.32. The molecule has 0 unspecified atom stereocenters. The average Bonchev–Trinajstić information content (AvgIpc) is 2.89. The lowest BCUT2D eigenvalue weighted by Gasteiger charge is -2.19. The van der Waals surface area contributed by atoms with Crippen LogP contribution < -0.4 is 0 Å². The molecule has 2 heterocycles. The second-order valence-corrected chi connectivity index (χ2v) is 6.04. The van der Waals surface area contributed by atoms with E-state index in [0.717, 1.165) is 17.9 Å². The molecule has 0 saturated carbocycles. The lowest BCUT2D eigenvalue weighted by Crippen LogP contribution is -2.12. The fourth-order valence-electron chi connectivity index (χ4n) is 2.26. The van der Waals surface area contributed by atoms with Gasteiger partial charge in [0.15, 0.2) is 0 Å². The number of aromatic hydroxyl groups is 1. The molecule has 0 spiro atoms. The third-order valence-corrected chi connectivity index (χ3v) is 4.45. The Hall–Kier alpha value is -1.49. The van der Waals surface area contributed by atoms with Gasteiger partial charge in [-0.05, 0) is 54.5 Å². The van der Waals surface area contributed by atoms with Crippen LogP contribution in [0.4, 0.5) is 0 Å². The molecule has 1 aliphatic heterocycles. The normalized spacial score (nSPS) is 16.6. The molecule has 1 aliphatic rings. The van der Waals surface area contributed by atoms with Crippen LogP contribution in [0.1, 0.15) is 18.7 Å². The molecule has 19 heavy (non-hydrogen) atoms. The summed E-state index contributed by atoms with van der Waals surface area (Å²) in [5.41, 5.74) is 0.868. The van der Waals surface area contributed by atoms with E-state index >= 15 is 0 Å². The summed E-state index contributed by atoms with van der Waals surface area (Å²) >= 11 is 2.02. The fourth-order valence-corrected chi connectivity index (χ4v) is 3.47. The van der Waals surface area contributed by atoms with Gasteiger partial charge in [0.1, 0.15) is 5.75 Å².